The van der Waals surface area contributed by atoms with Gasteiger partial charge in [0.05, 0.1) is 26.9 Å². The molecule has 0 atom stereocenters. The first-order valence-corrected chi connectivity index (χ1v) is 6.28. The van der Waals surface area contributed by atoms with E-state index in [1.54, 1.807) is 42.5 Å². The maximum atomic E-state index is 12.3. The van der Waals surface area contributed by atoms with E-state index in [2.05, 4.69) is 0 Å². The van der Waals surface area contributed by atoms with Gasteiger partial charge in [0, 0.05) is 0 Å². The molecule has 0 spiro atoms. The van der Waals surface area contributed by atoms with Crippen LogP contribution in [-0.4, -0.2) is 11.8 Å². The molecule has 1 heterocycles. The first-order valence-electron chi connectivity index (χ1n) is 5.53. The quantitative estimate of drug-likeness (QED) is 0.750. The summed E-state index contributed by atoms with van der Waals surface area (Å²) in [5.41, 5.74) is 1.06. The predicted octanol–water partition coefficient (Wildman–Crippen LogP) is 3.79. The minimum absolute atomic E-state index is 0.193. The first-order chi connectivity index (χ1) is 9.11. The van der Waals surface area contributed by atoms with E-state index in [4.69, 9.17) is 23.2 Å². The van der Waals surface area contributed by atoms with Crippen molar-refractivity contribution in [3.8, 4) is 0 Å². The molecule has 0 N–H and O–H groups in total. The molecule has 0 radical (unpaired) electrons. The molecule has 2 amide bonds. The minimum Gasteiger partial charge on any atom is -0.268 e. The third kappa shape index (κ3) is 1.74. The predicted molar refractivity (Wildman–Crippen MR) is 74.0 cm³/mol. The SMILES string of the molecule is O=C1c2ccccc2C(=O)N1c1cccc(Cl)c1Cl. The van der Waals surface area contributed by atoms with Crippen LogP contribution in [0.25, 0.3) is 0 Å². The molecule has 1 aliphatic heterocycles. The molecule has 1 aliphatic rings. The number of carbonyl (C=O) groups is 2. The van der Waals surface area contributed by atoms with Crippen LogP contribution in [0.1, 0.15) is 20.7 Å². The van der Waals surface area contributed by atoms with Gasteiger partial charge in [0.25, 0.3) is 11.8 Å². The summed E-state index contributed by atoms with van der Waals surface area (Å²) >= 11 is 12.0. The number of fused-ring (bicyclic) bond motifs is 1. The molecule has 5 heteroatoms. The lowest BCUT2D eigenvalue weighted by atomic mass is 10.1. The van der Waals surface area contributed by atoms with Gasteiger partial charge in [-0.1, -0.05) is 41.4 Å². The number of amides is 2. The van der Waals surface area contributed by atoms with Crippen molar-refractivity contribution in [2.75, 3.05) is 4.90 Å². The van der Waals surface area contributed by atoms with Crippen LogP contribution in [-0.2, 0) is 0 Å². The van der Waals surface area contributed by atoms with Crippen LogP contribution < -0.4 is 4.90 Å². The van der Waals surface area contributed by atoms with E-state index in [0.717, 1.165) is 4.90 Å². The highest BCUT2D eigenvalue weighted by molar-refractivity contribution is 6.46. The summed E-state index contributed by atoms with van der Waals surface area (Å²) in [5.74, 6) is -0.769. The number of nitrogens with zero attached hydrogens (tertiary/aromatic N) is 1. The van der Waals surface area contributed by atoms with Gasteiger partial charge in [-0.05, 0) is 24.3 Å². The van der Waals surface area contributed by atoms with Gasteiger partial charge in [-0.25, -0.2) is 4.90 Å². The number of imide groups is 1. The van der Waals surface area contributed by atoms with Crippen LogP contribution >= 0.6 is 23.2 Å². The molecule has 0 fully saturated rings. The van der Waals surface area contributed by atoms with Crippen LogP contribution in [0.15, 0.2) is 42.5 Å². The van der Waals surface area contributed by atoms with Crippen LogP contribution in [0.3, 0.4) is 0 Å². The van der Waals surface area contributed by atoms with Crippen LogP contribution in [0, 0.1) is 0 Å². The van der Waals surface area contributed by atoms with Gasteiger partial charge in [0.1, 0.15) is 0 Å². The van der Waals surface area contributed by atoms with Crippen molar-refractivity contribution >= 4 is 40.7 Å². The summed E-state index contributed by atoms with van der Waals surface area (Å²) in [4.78, 5) is 25.6. The van der Waals surface area contributed by atoms with Gasteiger partial charge >= 0.3 is 0 Å². The molecule has 2 aromatic carbocycles. The second kappa shape index (κ2) is 4.37. The van der Waals surface area contributed by atoms with Crippen molar-refractivity contribution < 1.29 is 9.59 Å². The Kier molecular flexibility index (Phi) is 2.81. The standard InChI is InChI=1S/C14H7Cl2NO2/c15-10-6-3-7-11(12(10)16)17-13(18)8-4-1-2-5-9(8)14(17)19/h1-7H. The highest BCUT2D eigenvalue weighted by Crippen LogP contribution is 2.36. The number of benzene rings is 2. The Morgan fingerprint density at radius 1 is 0.789 bits per heavy atom. The summed E-state index contributed by atoms with van der Waals surface area (Å²) < 4.78 is 0. The lowest BCUT2D eigenvalue weighted by molar-refractivity contribution is 0.0926. The highest BCUT2D eigenvalue weighted by Gasteiger charge is 2.37. The lowest BCUT2D eigenvalue weighted by Crippen LogP contribution is -2.29. The Labute approximate surface area is 119 Å². The molecule has 0 saturated heterocycles. The Hall–Kier alpha value is -1.84. The smallest absolute Gasteiger partial charge is 0.266 e. The zero-order chi connectivity index (χ0) is 13.6. The number of rotatable bonds is 1. The molecule has 0 saturated carbocycles. The van der Waals surface area contributed by atoms with Gasteiger partial charge in [-0.15, -0.1) is 0 Å². The van der Waals surface area contributed by atoms with Crippen molar-refractivity contribution in [3.63, 3.8) is 0 Å². The van der Waals surface area contributed by atoms with Crippen LogP contribution in [0.5, 0.6) is 0 Å². The Morgan fingerprint density at radius 2 is 1.37 bits per heavy atom. The van der Waals surface area contributed by atoms with E-state index in [9.17, 15) is 9.59 Å². The first kappa shape index (κ1) is 12.2. The summed E-state index contributed by atoms with van der Waals surface area (Å²) in [7, 11) is 0. The van der Waals surface area contributed by atoms with Crippen molar-refractivity contribution in [2.45, 2.75) is 0 Å². The zero-order valence-electron chi connectivity index (χ0n) is 9.56. The third-order valence-electron chi connectivity index (χ3n) is 2.97. The van der Waals surface area contributed by atoms with Gasteiger partial charge in [0.15, 0.2) is 0 Å². The van der Waals surface area contributed by atoms with Gasteiger partial charge < -0.3 is 0 Å². The molecule has 3 nitrogen and oxygen atoms in total. The highest BCUT2D eigenvalue weighted by atomic mass is 35.5. The fourth-order valence-corrected chi connectivity index (χ4v) is 2.45. The number of anilines is 1. The number of carbonyl (C=O) groups excluding carboxylic acids is 2. The second-order valence-electron chi connectivity index (χ2n) is 4.06. The van der Waals surface area contributed by atoms with Gasteiger partial charge in [0.2, 0.25) is 0 Å². The third-order valence-corrected chi connectivity index (χ3v) is 3.78. The number of halogens is 2. The monoisotopic (exact) mass is 291 g/mol. The number of hydrogen-bond donors (Lipinski definition) is 0. The Balaban J connectivity index is 2.17. The average Bonchev–Trinajstić information content (AvgIpc) is 2.67. The van der Waals surface area contributed by atoms with Crippen LogP contribution in [0.2, 0.25) is 10.0 Å². The van der Waals surface area contributed by atoms with E-state index in [0.29, 0.717) is 21.8 Å². The summed E-state index contributed by atoms with van der Waals surface area (Å²) in [5, 5.41) is 0.495. The molecular formula is C14H7Cl2NO2. The van der Waals surface area contributed by atoms with Gasteiger partial charge in [-0.3, -0.25) is 9.59 Å². The molecule has 19 heavy (non-hydrogen) atoms. The molecular weight excluding hydrogens is 285 g/mol. The fourth-order valence-electron chi connectivity index (χ4n) is 2.07. The maximum absolute atomic E-state index is 12.3. The normalized spacial score (nSPS) is 13.9. The van der Waals surface area contributed by atoms with E-state index < -0.39 is 0 Å². The zero-order valence-corrected chi connectivity index (χ0v) is 11.1. The van der Waals surface area contributed by atoms with E-state index in [1.807, 2.05) is 0 Å². The summed E-state index contributed by atoms with van der Waals surface area (Å²) in [6, 6.07) is 11.5. The van der Waals surface area contributed by atoms with Crippen molar-refractivity contribution in [2.24, 2.45) is 0 Å². The van der Waals surface area contributed by atoms with E-state index in [1.165, 1.54) is 0 Å². The van der Waals surface area contributed by atoms with Crippen molar-refractivity contribution in [1.29, 1.82) is 0 Å². The molecule has 0 aliphatic carbocycles. The largest absolute Gasteiger partial charge is 0.268 e. The Morgan fingerprint density at radius 3 is 1.95 bits per heavy atom. The lowest BCUT2D eigenvalue weighted by Gasteiger charge is -2.15. The second-order valence-corrected chi connectivity index (χ2v) is 4.85. The van der Waals surface area contributed by atoms with E-state index >= 15 is 0 Å². The minimum atomic E-state index is -0.384. The maximum Gasteiger partial charge on any atom is 0.266 e. The van der Waals surface area contributed by atoms with Crippen molar-refractivity contribution in [1.82, 2.24) is 0 Å². The summed E-state index contributed by atoms with van der Waals surface area (Å²) in [6.07, 6.45) is 0. The fraction of sp³-hybridized carbons (Fsp3) is 0. The molecule has 0 bridgehead atoms. The molecule has 0 unspecified atom stereocenters. The van der Waals surface area contributed by atoms with Gasteiger partial charge in [-0.2, -0.15) is 0 Å². The van der Waals surface area contributed by atoms with E-state index in [-0.39, 0.29) is 16.8 Å². The molecule has 0 aromatic heterocycles. The Bertz CT molecular complexity index is 677. The number of hydrogen-bond acceptors (Lipinski definition) is 2. The van der Waals surface area contributed by atoms with Crippen LogP contribution in [0.4, 0.5) is 5.69 Å². The average molecular weight is 292 g/mol. The summed E-state index contributed by atoms with van der Waals surface area (Å²) in [6.45, 7) is 0. The van der Waals surface area contributed by atoms with Crippen molar-refractivity contribution in [3.05, 3.63) is 63.6 Å². The molecule has 3 rings (SSSR count). The topological polar surface area (TPSA) is 37.4 Å². The molecule has 2 aromatic rings. The molecule has 94 valence electrons.